The Morgan fingerprint density at radius 1 is 0.607 bits per heavy atom. The Bertz CT molecular complexity index is 1230. The highest BCUT2D eigenvalue weighted by Crippen LogP contribution is 2.54. The lowest BCUT2D eigenvalue weighted by Gasteiger charge is -2.16. The molecule has 0 aliphatic heterocycles. The van der Waals surface area contributed by atoms with Crippen LogP contribution in [0.4, 0.5) is 0 Å². The molecule has 28 heavy (non-hydrogen) atoms. The summed E-state index contributed by atoms with van der Waals surface area (Å²) in [5, 5.41) is 24.1. The van der Waals surface area contributed by atoms with E-state index in [1.165, 1.54) is 0 Å². The van der Waals surface area contributed by atoms with E-state index < -0.39 is 0 Å². The zero-order valence-electron chi connectivity index (χ0n) is 14.4. The summed E-state index contributed by atoms with van der Waals surface area (Å²) in [6, 6.07) is 15.7. The molecule has 5 rings (SSSR count). The van der Waals surface area contributed by atoms with Gasteiger partial charge in [-0.3, -0.25) is 0 Å². The van der Waals surface area contributed by atoms with Gasteiger partial charge < -0.3 is 20.2 Å². The minimum atomic E-state index is 0.0645. The van der Waals surface area contributed by atoms with Crippen LogP contribution in [0, 0.1) is 0 Å². The van der Waals surface area contributed by atoms with Crippen LogP contribution in [-0.4, -0.2) is 20.2 Å². The lowest BCUT2D eigenvalue weighted by Crippen LogP contribution is -1.89. The Morgan fingerprint density at radius 2 is 1.00 bits per heavy atom. The normalized spacial score (nSPS) is 11.5. The van der Waals surface area contributed by atoms with E-state index >= 15 is 0 Å². The summed E-state index contributed by atoms with van der Waals surface area (Å²) < 4.78 is 0.886. The smallest absolute Gasteiger partial charge is 0.139 e. The number of nitrogens with one attached hydrogen (secondary N) is 2. The number of H-pyrrole nitrogens is 2. The van der Waals surface area contributed by atoms with Gasteiger partial charge in [-0.25, -0.2) is 0 Å². The Kier molecular flexibility index (Phi) is 4.00. The molecule has 6 heteroatoms. The lowest BCUT2D eigenvalue weighted by atomic mass is 9.97. The third-order valence-electron chi connectivity index (χ3n) is 5.05. The highest BCUT2D eigenvalue weighted by Gasteiger charge is 2.25. The number of aromatic nitrogens is 2. The van der Waals surface area contributed by atoms with Crippen LogP contribution in [0.15, 0.2) is 69.9 Å². The zero-order valence-corrected chi connectivity index (χ0v) is 17.6. The molecule has 4 nitrogen and oxygen atoms in total. The van der Waals surface area contributed by atoms with Gasteiger partial charge in [0.05, 0.1) is 8.95 Å². The fourth-order valence-corrected chi connectivity index (χ4v) is 4.91. The van der Waals surface area contributed by atoms with Crippen molar-refractivity contribution in [1.29, 1.82) is 0 Å². The maximum absolute atomic E-state index is 11.1. The second kappa shape index (κ2) is 6.43. The third kappa shape index (κ3) is 2.41. The van der Waals surface area contributed by atoms with Crippen molar-refractivity contribution in [2.45, 2.75) is 0 Å². The van der Waals surface area contributed by atoms with Gasteiger partial charge in [0.2, 0.25) is 0 Å². The van der Waals surface area contributed by atoms with Crippen LogP contribution >= 0.6 is 31.9 Å². The minimum absolute atomic E-state index is 0.0645. The van der Waals surface area contributed by atoms with Crippen LogP contribution in [0.2, 0.25) is 0 Å². The van der Waals surface area contributed by atoms with E-state index in [1.54, 1.807) is 0 Å². The van der Waals surface area contributed by atoms with Crippen molar-refractivity contribution in [1.82, 2.24) is 9.97 Å². The predicted molar refractivity (Wildman–Crippen MR) is 120 cm³/mol. The number of rotatable bonds is 2. The molecule has 2 aromatic heterocycles. The van der Waals surface area contributed by atoms with Crippen LogP contribution in [-0.2, 0) is 0 Å². The van der Waals surface area contributed by atoms with Crippen molar-refractivity contribution < 1.29 is 10.2 Å². The van der Waals surface area contributed by atoms with Gasteiger partial charge in [-0.2, -0.15) is 0 Å². The van der Waals surface area contributed by atoms with Gasteiger partial charge in [0.15, 0.2) is 0 Å². The Balaban J connectivity index is 1.82. The van der Waals surface area contributed by atoms with Crippen LogP contribution in [0.5, 0.6) is 11.5 Å². The molecule has 2 heterocycles. The summed E-state index contributed by atoms with van der Waals surface area (Å²) in [5.41, 5.74) is 4.60. The van der Waals surface area contributed by atoms with Crippen molar-refractivity contribution in [2.24, 2.45) is 0 Å². The first-order valence-corrected chi connectivity index (χ1v) is 10.2. The molecule has 0 amide bonds. The average Bonchev–Trinajstić information content (AvgIpc) is 3.32. The Morgan fingerprint density at radius 3 is 1.43 bits per heavy atom. The van der Waals surface area contributed by atoms with Crippen molar-refractivity contribution in [3.05, 3.63) is 69.9 Å². The summed E-state index contributed by atoms with van der Waals surface area (Å²) >= 11 is 7.04. The number of fused-ring (bicyclic) bond motifs is 2. The van der Waals surface area contributed by atoms with Gasteiger partial charge in [-0.05, 0) is 44.0 Å². The van der Waals surface area contributed by atoms with E-state index in [2.05, 4.69) is 41.8 Å². The molecule has 5 aromatic rings. The van der Waals surface area contributed by atoms with E-state index in [9.17, 15) is 10.2 Å². The summed E-state index contributed by atoms with van der Waals surface area (Å²) in [7, 11) is 0. The van der Waals surface area contributed by atoms with Gasteiger partial charge in [-0.1, -0.05) is 36.4 Å². The Labute approximate surface area is 177 Å². The molecular formula is C22H14Br2N2O2. The molecule has 3 aromatic carbocycles. The van der Waals surface area contributed by atoms with E-state index in [4.69, 9.17) is 0 Å². The second-order valence-corrected chi connectivity index (χ2v) is 8.16. The number of phenolic OH excluding ortho intramolecular Hbond substituents is 2. The van der Waals surface area contributed by atoms with Crippen molar-refractivity contribution in [2.75, 3.05) is 0 Å². The second-order valence-electron chi connectivity index (χ2n) is 6.57. The van der Waals surface area contributed by atoms with Gasteiger partial charge in [0.1, 0.15) is 11.5 Å². The number of aromatic amines is 2. The average molecular weight is 498 g/mol. The Hall–Kier alpha value is -2.70. The topological polar surface area (TPSA) is 72.0 Å². The molecule has 0 aliphatic carbocycles. The first-order valence-electron chi connectivity index (χ1n) is 8.63. The van der Waals surface area contributed by atoms with Crippen LogP contribution < -0.4 is 0 Å². The number of benzene rings is 3. The number of halogens is 2. The molecular weight excluding hydrogens is 484 g/mol. The van der Waals surface area contributed by atoms with Crippen molar-refractivity contribution in [3.8, 4) is 33.8 Å². The minimum Gasteiger partial charge on any atom is -0.506 e. The number of hydrogen-bond donors (Lipinski definition) is 4. The highest BCUT2D eigenvalue weighted by molar-refractivity contribution is 9.11. The fraction of sp³-hybridized carbons (Fsp3) is 0. The molecule has 0 unspecified atom stereocenters. The SMILES string of the molecule is Oc1c(Br)c(-c2c[nH]c3ccccc23)c(O)c(Br)c1-c1c[nH]c2ccccc12. The zero-order chi connectivity index (χ0) is 19.4. The van der Waals surface area contributed by atoms with E-state index in [-0.39, 0.29) is 11.5 Å². The summed E-state index contributed by atoms with van der Waals surface area (Å²) in [4.78, 5) is 6.42. The van der Waals surface area contributed by atoms with Crippen molar-refractivity contribution >= 4 is 53.7 Å². The number of hydrogen-bond acceptors (Lipinski definition) is 2. The standard InChI is InChI=1S/C22H14Br2N2O2/c23-19-17(13-9-25-15-7-3-1-5-11(13)15)21(27)20(24)18(22(19)28)14-10-26-16-8-4-2-6-12(14)16/h1-10,25-28H. The van der Waals surface area contributed by atoms with Crippen LogP contribution in [0.1, 0.15) is 0 Å². The number of aromatic hydroxyl groups is 2. The quantitative estimate of drug-likeness (QED) is 0.200. The molecule has 0 atom stereocenters. The van der Waals surface area contributed by atoms with Crippen LogP contribution in [0.25, 0.3) is 44.1 Å². The van der Waals surface area contributed by atoms with Crippen LogP contribution in [0.3, 0.4) is 0 Å². The molecule has 0 fully saturated rings. The van der Waals surface area contributed by atoms with Gasteiger partial charge >= 0.3 is 0 Å². The highest BCUT2D eigenvalue weighted by atomic mass is 79.9. The first kappa shape index (κ1) is 17.4. The molecule has 0 saturated carbocycles. The van der Waals surface area contributed by atoms with Gasteiger partial charge in [0, 0.05) is 56.5 Å². The molecule has 0 spiro atoms. The molecule has 138 valence electrons. The molecule has 0 radical (unpaired) electrons. The monoisotopic (exact) mass is 496 g/mol. The third-order valence-corrected chi connectivity index (χ3v) is 6.59. The van der Waals surface area contributed by atoms with E-state index in [1.807, 2.05) is 60.9 Å². The van der Waals surface area contributed by atoms with Crippen molar-refractivity contribution in [3.63, 3.8) is 0 Å². The largest absolute Gasteiger partial charge is 0.506 e. The maximum Gasteiger partial charge on any atom is 0.139 e. The maximum atomic E-state index is 11.1. The van der Waals surface area contributed by atoms with Gasteiger partial charge in [-0.15, -0.1) is 0 Å². The summed E-state index contributed by atoms with van der Waals surface area (Å²) in [6.07, 6.45) is 3.67. The van der Waals surface area contributed by atoms with E-state index in [0.29, 0.717) is 20.1 Å². The van der Waals surface area contributed by atoms with E-state index in [0.717, 1.165) is 32.9 Å². The number of para-hydroxylation sites is 2. The lowest BCUT2D eigenvalue weighted by molar-refractivity contribution is 0.458. The molecule has 0 aliphatic rings. The molecule has 0 saturated heterocycles. The predicted octanol–water partition coefficient (Wildman–Crippen LogP) is 6.92. The summed E-state index contributed by atoms with van der Waals surface area (Å²) in [5.74, 6) is 0.129. The first-order chi connectivity index (χ1) is 13.6. The number of phenols is 2. The summed E-state index contributed by atoms with van der Waals surface area (Å²) in [6.45, 7) is 0. The fourth-order valence-electron chi connectivity index (χ4n) is 3.71. The molecule has 0 bridgehead atoms. The molecule has 4 N–H and O–H groups in total. The van der Waals surface area contributed by atoms with Gasteiger partial charge in [0.25, 0.3) is 0 Å².